The molecule has 0 heterocycles. The van der Waals surface area contributed by atoms with Gasteiger partial charge in [0.05, 0.1) is 14.2 Å². The Hall–Kier alpha value is -1.79. The lowest BCUT2D eigenvalue weighted by Crippen LogP contribution is -2.36. The molecule has 1 aromatic rings. The summed E-state index contributed by atoms with van der Waals surface area (Å²) in [6.45, 7) is 0. The van der Waals surface area contributed by atoms with Crippen LogP contribution in [0.1, 0.15) is 11.7 Å². The van der Waals surface area contributed by atoms with Gasteiger partial charge in [-0.1, -0.05) is 6.07 Å². The number of hydrogen-bond acceptors (Lipinski definition) is 5. The van der Waals surface area contributed by atoms with Crippen molar-refractivity contribution in [3.63, 3.8) is 0 Å². The normalized spacial score (nSPS) is 13.9. The zero-order valence-electron chi connectivity index (χ0n) is 9.58. The van der Waals surface area contributed by atoms with E-state index >= 15 is 0 Å². The topological polar surface area (TPSA) is 102 Å². The number of carboxylic acids is 1. The summed E-state index contributed by atoms with van der Waals surface area (Å²) in [4.78, 5) is 10.7. The van der Waals surface area contributed by atoms with Crippen LogP contribution in [0.25, 0.3) is 0 Å². The van der Waals surface area contributed by atoms with Gasteiger partial charge in [0, 0.05) is 0 Å². The molecule has 0 spiro atoms. The van der Waals surface area contributed by atoms with Crippen LogP contribution in [0.5, 0.6) is 11.5 Å². The monoisotopic (exact) mass is 241 g/mol. The van der Waals surface area contributed by atoms with Crippen LogP contribution in [0.4, 0.5) is 0 Å². The van der Waals surface area contributed by atoms with Crippen molar-refractivity contribution < 1.29 is 24.5 Å². The van der Waals surface area contributed by atoms with E-state index in [9.17, 15) is 9.90 Å². The first kappa shape index (κ1) is 13.3. The predicted molar refractivity (Wildman–Crippen MR) is 60.1 cm³/mol. The number of benzene rings is 1. The van der Waals surface area contributed by atoms with Crippen molar-refractivity contribution >= 4 is 5.97 Å². The van der Waals surface area contributed by atoms with E-state index in [4.69, 9.17) is 20.3 Å². The van der Waals surface area contributed by atoms with Gasteiger partial charge in [0.1, 0.15) is 12.1 Å². The summed E-state index contributed by atoms with van der Waals surface area (Å²) in [6, 6.07) is 3.22. The molecule has 4 N–H and O–H groups in total. The standard InChI is InChI=1S/C11H15NO5/c1-16-7-4-3-6(5-8(7)17-2)10(13)9(12)11(14)15/h3-5,9-10,13H,12H2,1-2H3,(H,14,15)/t9-,10+/m0/s1. The largest absolute Gasteiger partial charge is 0.493 e. The number of hydrogen-bond donors (Lipinski definition) is 3. The van der Waals surface area contributed by atoms with Crippen molar-refractivity contribution in [1.29, 1.82) is 0 Å². The van der Waals surface area contributed by atoms with E-state index in [-0.39, 0.29) is 0 Å². The molecule has 0 saturated carbocycles. The summed E-state index contributed by atoms with van der Waals surface area (Å²) in [6.07, 6.45) is -1.30. The molecule has 6 nitrogen and oxygen atoms in total. The maximum Gasteiger partial charge on any atom is 0.323 e. The predicted octanol–water partition coefficient (Wildman–Crippen LogP) is 0.149. The number of carbonyl (C=O) groups is 1. The Kier molecular flexibility index (Phi) is 4.30. The third-order valence-electron chi connectivity index (χ3n) is 2.37. The number of rotatable bonds is 5. The third kappa shape index (κ3) is 2.86. The minimum Gasteiger partial charge on any atom is -0.493 e. The van der Waals surface area contributed by atoms with Gasteiger partial charge in [0.25, 0.3) is 0 Å². The molecule has 2 atom stereocenters. The average Bonchev–Trinajstić information content (AvgIpc) is 2.35. The van der Waals surface area contributed by atoms with Crippen molar-refractivity contribution in [1.82, 2.24) is 0 Å². The van der Waals surface area contributed by atoms with E-state index in [1.807, 2.05) is 0 Å². The molecule has 0 fully saturated rings. The van der Waals surface area contributed by atoms with Gasteiger partial charge in [-0.15, -0.1) is 0 Å². The highest BCUT2D eigenvalue weighted by molar-refractivity contribution is 5.74. The van der Waals surface area contributed by atoms with Crippen molar-refractivity contribution in [2.45, 2.75) is 12.1 Å². The Morgan fingerprint density at radius 1 is 1.29 bits per heavy atom. The first-order valence-corrected chi connectivity index (χ1v) is 4.89. The smallest absolute Gasteiger partial charge is 0.323 e. The minimum atomic E-state index is -1.38. The fourth-order valence-corrected chi connectivity index (χ4v) is 1.38. The van der Waals surface area contributed by atoms with Crippen LogP contribution in [-0.2, 0) is 4.79 Å². The van der Waals surface area contributed by atoms with E-state index in [0.717, 1.165) is 0 Å². The van der Waals surface area contributed by atoms with Gasteiger partial charge in [-0.2, -0.15) is 0 Å². The van der Waals surface area contributed by atoms with E-state index in [1.165, 1.54) is 26.4 Å². The first-order chi connectivity index (χ1) is 8.01. The Balaban J connectivity index is 3.03. The number of aliphatic hydroxyl groups excluding tert-OH is 1. The molecule has 0 aliphatic rings. The Bertz CT molecular complexity index is 407. The van der Waals surface area contributed by atoms with Crippen molar-refractivity contribution in [3.05, 3.63) is 23.8 Å². The zero-order valence-corrected chi connectivity index (χ0v) is 9.58. The molecular formula is C11H15NO5. The summed E-state index contributed by atoms with van der Waals surface area (Å²) < 4.78 is 10.1. The summed E-state index contributed by atoms with van der Waals surface area (Å²) in [5, 5.41) is 18.4. The van der Waals surface area contributed by atoms with Gasteiger partial charge >= 0.3 is 5.97 Å². The molecule has 6 heteroatoms. The number of aliphatic carboxylic acids is 1. The second-order valence-corrected chi connectivity index (χ2v) is 3.42. The van der Waals surface area contributed by atoms with Crippen LogP contribution in [0, 0.1) is 0 Å². The fraction of sp³-hybridized carbons (Fsp3) is 0.364. The van der Waals surface area contributed by atoms with Gasteiger partial charge in [0.15, 0.2) is 11.5 Å². The number of nitrogens with two attached hydrogens (primary N) is 1. The first-order valence-electron chi connectivity index (χ1n) is 4.89. The number of carboxylic acid groups (broad SMARTS) is 1. The molecule has 0 amide bonds. The lowest BCUT2D eigenvalue weighted by Gasteiger charge is -2.17. The summed E-state index contributed by atoms with van der Waals surface area (Å²) in [5.74, 6) is -0.374. The molecule has 0 bridgehead atoms. The number of methoxy groups -OCH3 is 2. The minimum absolute atomic E-state index is 0.359. The van der Waals surface area contributed by atoms with Crippen LogP contribution in [0.3, 0.4) is 0 Å². The zero-order chi connectivity index (χ0) is 13.0. The molecule has 0 saturated heterocycles. The second kappa shape index (κ2) is 5.51. The molecular weight excluding hydrogens is 226 g/mol. The van der Waals surface area contributed by atoms with Crippen LogP contribution in [0.15, 0.2) is 18.2 Å². The van der Waals surface area contributed by atoms with Crippen molar-refractivity contribution in [2.75, 3.05) is 14.2 Å². The van der Waals surface area contributed by atoms with Gasteiger partial charge in [-0.05, 0) is 17.7 Å². The summed E-state index contributed by atoms with van der Waals surface area (Å²) in [5.41, 5.74) is 5.69. The highest BCUT2D eigenvalue weighted by Crippen LogP contribution is 2.30. The van der Waals surface area contributed by atoms with E-state index < -0.39 is 18.1 Å². The Morgan fingerprint density at radius 2 is 1.88 bits per heavy atom. The Morgan fingerprint density at radius 3 is 2.35 bits per heavy atom. The highest BCUT2D eigenvalue weighted by Gasteiger charge is 2.24. The number of ether oxygens (including phenoxy) is 2. The highest BCUT2D eigenvalue weighted by atomic mass is 16.5. The molecule has 0 radical (unpaired) electrons. The lowest BCUT2D eigenvalue weighted by molar-refractivity contribution is -0.141. The second-order valence-electron chi connectivity index (χ2n) is 3.42. The molecule has 0 aliphatic heterocycles. The van der Waals surface area contributed by atoms with Crippen LogP contribution < -0.4 is 15.2 Å². The third-order valence-corrected chi connectivity index (χ3v) is 2.37. The molecule has 0 aliphatic carbocycles. The quantitative estimate of drug-likeness (QED) is 0.678. The summed E-state index contributed by atoms with van der Waals surface area (Å²) >= 11 is 0. The molecule has 0 aromatic heterocycles. The van der Waals surface area contributed by atoms with E-state index in [2.05, 4.69) is 0 Å². The maximum absolute atomic E-state index is 10.7. The molecule has 1 rings (SSSR count). The SMILES string of the molecule is COc1ccc([C@@H](O)[C@H](N)C(=O)O)cc1OC. The Labute approximate surface area is 98.6 Å². The van der Waals surface area contributed by atoms with Crippen molar-refractivity contribution in [2.24, 2.45) is 5.73 Å². The average molecular weight is 241 g/mol. The van der Waals surface area contributed by atoms with Gasteiger partial charge in [-0.25, -0.2) is 0 Å². The lowest BCUT2D eigenvalue weighted by atomic mass is 10.0. The van der Waals surface area contributed by atoms with Crippen molar-refractivity contribution in [3.8, 4) is 11.5 Å². The molecule has 0 unspecified atom stereocenters. The molecule has 94 valence electrons. The van der Waals surface area contributed by atoms with E-state index in [1.54, 1.807) is 6.07 Å². The van der Waals surface area contributed by atoms with Crippen LogP contribution >= 0.6 is 0 Å². The van der Waals surface area contributed by atoms with E-state index in [0.29, 0.717) is 17.1 Å². The van der Waals surface area contributed by atoms with Crippen LogP contribution in [-0.4, -0.2) is 36.4 Å². The molecule has 1 aromatic carbocycles. The number of aliphatic hydroxyl groups is 1. The van der Waals surface area contributed by atoms with Gasteiger partial charge < -0.3 is 25.4 Å². The molecule has 17 heavy (non-hydrogen) atoms. The van der Waals surface area contributed by atoms with Gasteiger partial charge in [0.2, 0.25) is 0 Å². The van der Waals surface area contributed by atoms with Crippen LogP contribution in [0.2, 0.25) is 0 Å². The van der Waals surface area contributed by atoms with Gasteiger partial charge in [-0.3, -0.25) is 4.79 Å². The fourth-order valence-electron chi connectivity index (χ4n) is 1.38. The maximum atomic E-state index is 10.7. The summed E-state index contributed by atoms with van der Waals surface area (Å²) in [7, 11) is 2.93.